The quantitative estimate of drug-likeness (QED) is 0.615. The molecule has 2 unspecified atom stereocenters. The van der Waals surface area contributed by atoms with E-state index in [1.54, 1.807) is 7.11 Å². The number of anilines is 2. The van der Waals surface area contributed by atoms with Crippen LogP contribution < -0.4 is 20.9 Å². The van der Waals surface area contributed by atoms with E-state index in [1.807, 2.05) is 0 Å². The summed E-state index contributed by atoms with van der Waals surface area (Å²) in [7, 11) is 1.59. The molecule has 19 heavy (non-hydrogen) atoms. The zero-order valence-corrected chi connectivity index (χ0v) is 11.6. The van der Waals surface area contributed by atoms with Crippen molar-refractivity contribution in [3.63, 3.8) is 0 Å². The number of methoxy groups -OCH3 is 1. The van der Waals surface area contributed by atoms with E-state index < -0.39 is 0 Å². The van der Waals surface area contributed by atoms with Gasteiger partial charge in [0.1, 0.15) is 6.33 Å². The summed E-state index contributed by atoms with van der Waals surface area (Å²) in [6.07, 6.45) is 2.63. The van der Waals surface area contributed by atoms with Crippen LogP contribution in [0.2, 0.25) is 0 Å². The first-order chi connectivity index (χ1) is 9.21. The van der Waals surface area contributed by atoms with E-state index in [-0.39, 0.29) is 12.1 Å². The highest BCUT2D eigenvalue weighted by Crippen LogP contribution is 2.34. The van der Waals surface area contributed by atoms with Crippen molar-refractivity contribution in [3.05, 3.63) is 6.33 Å². The molecule has 0 amide bonds. The van der Waals surface area contributed by atoms with Gasteiger partial charge in [-0.3, -0.25) is 0 Å². The fraction of sp³-hybridized carbons (Fsp3) is 0.667. The summed E-state index contributed by atoms with van der Waals surface area (Å²) < 4.78 is 11.1. The molecule has 1 aliphatic heterocycles. The number of morpholine rings is 1. The van der Waals surface area contributed by atoms with Gasteiger partial charge in [0.2, 0.25) is 5.75 Å². The average molecular weight is 267 g/mol. The SMILES string of the molecule is CCC1COC(C)CN1c1ncnc(NN)c1OC. The molecular weight excluding hydrogens is 246 g/mol. The number of nitrogen functional groups attached to an aromatic ring is 1. The van der Waals surface area contributed by atoms with Crippen LogP contribution in [-0.4, -0.2) is 42.4 Å². The molecule has 7 heteroatoms. The summed E-state index contributed by atoms with van der Waals surface area (Å²) in [6, 6.07) is 0.283. The van der Waals surface area contributed by atoms with Crippen molar-refractivity contribution < 1.29 is 9.47 Å². The fourth-order valence-corrected chi connectivity index (χ4v) is 2.30. The second kappa shape index (κ2) is 6.03. The second-order valence-corrected chi connectivity index (χ2v) is 4.58. The van der Waals surface area contributed by atoms with Crippen LogP contribution in [0.25, 0.3) is 0 Å². The number of nitrogens with two attached hydrogens (primary N) is 1. The van der Waals surface area contributed by atoms with Gasteiger partial charge in [0.05, 0.1) is 25.9 Å². The van der Waals surface area contributed by atoms with Crippen molar-refractivity contribution in [2.45, 2.75) is 32.4 Å². The molecule has 2 heterocycles. The van der Waals surface area contributed by atoms with Crippen molar-refractivity contribution in [1.82, 2.24) is 9.97 Å². The first-order valence-corrected chi connectivity index (χ1v) is 6.45. The first kappa shape index (κ1) is 13.8. The lowest BCUT2D eigenvalue weighted by Crippen LogP contribution is -2.49. The third-order valence-corrected chi connectivity index (χ3v) is 3.34. The first-order valence-electron chi connectivity index (χ1n) is 6.45. The molecule has 0 radical (unpaired) electrons. The lowest BCUT2D eigenvalue weighted by Gasteiger charge is -2.39. The summed E-state index contributed by atoms with van der Waals surface area (Å²) >= 11 is 0. The van der Waals surface area contributed by atoms with Crippen molar-refractivity contribution >= 4 is 11.6 Å². The van der Waals surface area contributed by atoms with Crippen LogP contribution in [0.4, 0.5) is 11.6 Å². The van der Waals surface area contributed by atoms with Gasteiger partial charge < -0.3 is 19.8 Å². The fourth-order valence-electron chi connectivity index (χ4n) is 2.30. The maximum atomic E-state index is 5.70. The molecule has 0 bridgehead atoms. The average Bonchev–Trinajstić information content (AvgIpc) is 2.46. The van der Waals surface area contributed by atoms with Gasteiger partial charge >= 0.3 is 0 Å². The minimum absolute atomic E-state index is 0.164. The molecule has 0 saturated carbocycles. The Hall–Kier alpha value is -1.60. The van der Waals surface area contributed by atoms with Crippen LogP contribution in [-0.2, 0) is 4.74 Å². The Balaban J connectivity index is 2.38. The highest BCUT2D eigenvalue weighted by atomic mass is 16.5. The minimum atomic E-state index is 0.164. The molecule has 0 aliphatic carbocycles. The Morgan fingerprint density at radius 2 is 2.37 bits per heavy atom. The van der Waals surface area contributed by atoms with E-state index in [0.717, 1.165) is 18.8 Å². The van der Waals surface area contributed by atoms with Crippen LogP contribution in [0.3, 0.4) is 0 Å². The summed E-state index contributed by atoms with van der Waals surface area (Å²) in [6.45, 7) is 5.65. The number of nitrogens with one attached hydrogen (secondary N) is 1. The lowest BCUT2D eigenvalue weighted by molar-refractivity contribution is 0.0294. The molecule has 1 aliphatic rings. The number of hydrazine groups is 1. The molecule has 0 spiro atoms. The standard InChI is InChI=1S/C12H21N5O2/c1-4-9-6-19-8(2)5-17(9)12-10(18-3)11(16-13)14-7-15-12/h7-9H,4-6,13H2,1-3H3,(H,14,15,16). The Bertz CT molecular complexity index is 429. The van der Waals surface area contributed by atoms with Crippen molar-refractivity contribution in [2.24, 2.45) is 5.84 Å². The molecule has 1 aromatic heterocycles. The Morgan fingerprint density at radius 3 is 3.00 bits per heavy atom. The zero-order valence-electron chi connectivity index (χ0n) is 11.6. The van der Waals surface area contributed by atoms with Crippen LogP contribution in [0, 0.1) is 0 Å². The molecule has 7 nitrogen and oxygen atoms in total. The maximum Gasteiger partial charge on any atom is 0.205 e. The third-order valence-electron chi connectivity index (χ3n) is 3.34. The monoisotopic (exact) mass is 267 g/mol. The van der Waals surface area contributed by atoms with Gasteiger partial charge in [-0.2, -0.15) is 0 Å². The normalized spacial score (nSPS) is 23.3. The van der Waals surface area contributed by atoms with Crippen LogP contribution in [0.1, 0.15) is 20.3 Å². The van der Waals surface area contributed by atoms with Crippen molar-refractivity contribution in [2.75, 3.05) is 30.6 Å². The predicted molar refractivity (Wildman–Crippen MR) is 73.2 cm³/mol. The molecule has 1 saturated heterocycles. The van der Waals surface area contributed by atoms with E-state index in [4.69, 9.17) is 15.3 Å². The van der Waals surface area contributed by atoms with Crippen LogP contribution in [0.15, 0.2) is 6.33 Å². The highest BCUT2D eigenvalue weighted by Gasteiger charge is 2.29. The predicted octanol–water partition coefficient (Wildman–Crippen LogP) is 0.775. The van der Waals surface area contributed by atoms with Gasteiger partial charge in [-0.25, -0.2) is 15.8 Å². The zero-order chi connectivity index (χ0) is 13.8. The van der Waals surface area contributed by atoms with Gasteiger partial charge in [-0.15, -0.1) is 0 Å². The topological polar surface area (TPSA) is 85.5 Å². The van der Waals surface area contributed by atoms with Crippen molar-refractivity contribution in [1.29, 1.82) is 0 Å². The van der Waals surface area contributed by atoms with Gasteiger partial charge in [0.15, 0.2) is 11.6 Å². The van der Waals surface area contributed by atoms with Crippen molar-refractivity contribution in [3.8, 4) is 5.75 Å². The molecule has 106 valence electrons. The number of rotatable bonds is 4. The molecule has 0 aromatic carbocycles. The smallest absolute Gasteiger partial charge is 0.205 e. The molecule has 2 rings (SSSR count). The number of nitrogens with zero attached hydrogens (tertiary/aromatic N) is 3. The second-order valence-electron chi connectivity index (χ2n) is 4.58. The highest BCUT2D eigenvalue weighted by molar-refractivity contribution is 5.64. The Kier molecular flexibility index (Phi) is 4.39. The summed E-state index contributed by atoms with van der Waals surface area (Å²) in [5.74, 6) is 7.27. The van der Waals surface area contributed by atoms with E-state index in [1.165, 1.54) is 6.33 Å². The van der Waals surface area contributed by atoms with Crippen LogP contribution >= 0.6 is 0 Å². The molecular formula is C12H21N5O2. The van der Waals surface area contributed by atoms with Gasteiger partial charge in [0, 0.05) is 6.54 Å². The molecule has 1 aromatic rings. The van der Waals surface area contributed by atoms with Crippen LogP contribution in [0.5, 0.6) is 5.75 Å². The minimum Gasteiger partial charge on any atom is -0.490 e. The molecule has 1 fully saturated rings. The molecule has 2 atom stereocenters. The summed E-state index contributed by atoms with van der Waals surface area (Å²) in [4.78, 5) is 10.6. The van der Waals surface area contributed by atoms with E-state index >= 15 is 0 Å². The van der Waals surface area contributed by atoms with E-state index in [9.17, 15) is 0 Å². The largest absolute Gasteiger partial charge is 0.490 e. The van der Waals surface area contributed by atoms with Gasteiger partial charge in [-0.05, 0) is 13.3 Å². The molecule has 3 N–H and O–H groups in total. The van der Waals surface area contributed by atoms with Gasteiger partial charge in [-0.1, -0.05) is 6.92 Å². The number of ether oxygens (including phenoxy) is 2. The third kappa shape index (κ3) is 2.71. The summed E-state index contributed by atoms with van der Waals surface area (Å²) in [5.41, 5.74) is 2.54. The maximum absolute atomic E-state index is 5.70. The Morgan fingerprint density at radius 1 is 1.58 bits per heavy atom. The van der Waals surface area contributed by atoms with E-state index in [2.05, 4.69) is 34.1 Å². The number of aromatic nitrogens is 2. The number of hydrogen-bond donors (Lipinski definition) is 2. The summed E-state index contributed by atoms with van der Waals surface area (Å²) in [5, 5.41) is 0. The Labute approximate surface area is 113 Å². The van der Waals surface area contributed by atoms with E-state index in [0.29, 0.717) is 18.2 Å². The lowest BCUT2D eigenvalue weighted by atomic mass is 10.1. The van der Waals surface area contributed by atoms with Gasteiger partial charge in [0.25, 0.3) is 0 Å². The number of hydrogen-bond acceptors (Lipinski definition) is 7.